The van der Waals surface area contributed by atoms with Crippen LogP contribution in [0.3, 0.4) is 0 Å². The van der Waals surface area contributed by atoms with Crippen LogP contribution < -0.4 is 10.1 Å². The highest BCUT2D eigenvalue weighted by Gasteiger charge is 2.21. The van der Waals surface area contributed by atoms with Crippen molar-refractivity contribution >= 4 is 17.7 Å². The average Bonchev–Trinajstić information content (AvgIpc) is 2.60. The highest BCUT2D eigenvalue weighted by Crippen LogP contribution is 2.31. The Bertz CT molecular complexity index is 801. The highest BCUT2D eigenvalue weighted by molar-refractivity contribution is 5.92. The normalized spacial score (nSPS) is 16.2. The van der Waals surface area contributed by atoms with Crippen molar-refractivity contribution in [1.29, 1.82) is 0 Å². The lowest BCUT2D eigenvalue weighted by Gasteiger charge is -2.26. The number of benzene rings is 2. The van der Waals surface area contributed by atoms with E-state index in [2.05, 4.69) is 5.32 Å². The van der Waals surface area contributed by atoms with Gasteiger partial charge in [-0.05, 0) is 17.7 Å². The fourth-order valence-electron chi connectivity index (χ4n) is 2.63. The lowest BCUT2D eigenvalue weighted by atomic mass is 10.0. The fraction of sp³-hybridized carbons (Fsp3) is 0.167. The molecule has 3 rings (SSSR count). The van der Waals surface area contributed by atoms with Crippen molar-refractivity contribution in [2.75, 3.05) is 6.61 Å². The van der Waals surface area contributed by atoms with E-state index < -0.39 is 4.92 Å². The zero-order chi connectivity index (χ0) is 16.9. The van der Waals surface area contributed by atoms with Gasteiger partial charge in [0.25, 0.3) is 5.69 Å². The summed E-state index contributed by atoms with van der Waals surface area (Å²) in [4.78, 5) is 22.4. The highest BCUT2D eigenvalue weighted by atomic mass is 16.6. The lowest BCUT2D eigenvalue weighted by Crippen LogP contribution is -2.30. The molecular formula is C18H16N2O4. The first kappa shape index (κ1) is 15.7. The Labute approximate surface area is 138 Å². The van der Waals surface area contributed by atoms with Crippen molar-refractivity contribution in [3.63, 3.8) is 0 Å². The molecule has 0 aliphatic carbocycles. The molecule has 1 aliphatic heterocycles. The largest absolute Gasteiger partial charge is 0.493 e. The van der Waals surface area contributed by atoms with Crippen LogP contribution in [0.1, 0.15) is 23.6 Å². The van der Waals surface area contributed by atoms with Gasteiger partial charge in [0.05, 0.1) is 17.6 Å². The van der Waals surface area contributed by atoms with Crippen LogP contribution in [0.4, 0.5) is 5.69 Å². The number of carbonyl (C=O) groups is 1. The van der Waals surface area contributed by atoms with E-state index in [9.17, 15) is 14.9 Å². The van der Waals surface area contributed by atoms with Gasteiger partial charge in [-0.1, -0.05) is 30.3 Å². The predicted octanol–water partition coefficient (Wildman–Crippen LogP) is 3.25. The molecule has 0 saturated heterocycles. The second-order valence-electron chi connectivity index (χ2n) is 5.42. The van der Waals surface area contributed by atoms with Crippen LogP contribution in [-0.4, -0.2) is 17.4 Å². The number of nitro groups is 1. The summed E-state index contributed by atoms with van der Waals surface area (Å²) in [6, 6.07) is 13.7. The third-order valence-corrected chi connectivity index (χ3v) is 3.78. The molecule has 0 saturated carbocycles. The van der Waals surface area contributed by atoms with Crippen LogP contribution in [0.15, 0.2) is 54.6 Å². The van der Waals surface area contributed by atoms with Crippen LogP contribution in [0, 0.1) is 10.1 Å². The monoisotopic (exact) mass is 324 g/mol. The van der Waals surface area contributed by atoms with Gasteiger partial charge < -0.3 is 10.1 Å². The molecule has 1 atom stereocenters. The topological polar surface area (TPSA) is 81.5 Å². The lowest BCUT2D eigenvalue weighted by molar-refractivity contribution is -0.384. The molecule has 0 spiro atoms. The number of non-ortho nitro benzene ring substituents is 1. The Kier molecular flexibility index (Phi) is 4.56. The van der Waals surface area contributed by atoms with E-state index in [1.54, 1.807) is 18.2 Å². The van der Waals surface area contributed by atoms with Gasteiger partial charge in [-0.25, -0.2) is 0 Å². The van der Waals surface area contributed by atoms with E-state index in [0.29, 0.717) is 18.6 Å². The number of rotatable bonds is 4. The Hall–Kier alpha value is -3.15. The number of para-hydroxylation sites is 1. The average molecular weight is 324 g/mol. The van der Waals surface area contributed by atoms with Crippen molar-refractivity contribution in [2.24, 2.45) is 0 Å². The fourth-order valence-corrected chi connectivity index (χ4v) is 2.63. The standard InChI is InChI=1S/C18H16N2O4/c21-18(9-8-13-4-3-5-14(12-13)20(22)23)19-16-10-11-24-17-7-2-1-6-15(16)17/h1-9,12,16H,10-11H2,(H,19,21)/b9-8+/t16-/m0/s1. The van der Waals surface area contributed by atoms with E-state index in [-0.39, 0.29) is 17.6 Å². The van der Waals surface area contributed by atoms with Crippen molar-refractivity contribution in [3.05, 3.63) is 75.8 Å². The van der Waals surface area contributed by atoms with E-state index in [0.717, 1.165) is 11.3 Å². The van der Waals surface area contributed by atoms with Gasteiger partial charge in [-0.2, -0.15) is 0 Å². The van der Waals surface area contributed by atoms with Gasteiger partial charge in [0.1, 0.15) is 5.75 Å². The first-order chi connectivity index (χ1) is 11.6. The first-order valence-corrected chi connectivity index (χ1v) is 7.58. The van der Waals surface area contributed by atoms with Gasteiger partial charge in [-0.15, -0.1) is 0 Å². The van der Waals surface area contributed by atoms with E-state index in [1.807, 2.05) is 24.3 Å². The number of fused-ring (bicyclic) bond motifs is 1. The molecule has 1 heterocycles. The number of nitro benzene ring substituents is 1. The molecule has 2 aromatic rings. The van der Waals surface area contributed by atoms with E-state index >= 15 is 0 Å². The first-order valence-electron chi connectivity index (χ1n) is 7.58. The molecule has 6 heteroatoms. The second kappa shape index (κ2) is 6.95. The molecule has 2 aromatic carbocycles. The quantitative estimate of drug-likeness (QED) is 0.532. The molecule has 6 nitrogen and oxygen atoms in total. The molecule has 0 fully saturated rings. The number of nitrogens with zero attached hydrogens (tertiary/aromatic N) is 1. The Balaban J connectivity index is 1.68. The molecule has 1 aliphatic rings. The van der Waals surface area contributed by atoms with Crippen LogP contribution in [0.5, 0.6) is 5.75 Å². The third kappa shape index (κ3) is 3.60. The molecule has 24 heavy (non-hydrogen) atoms. The molecule has 122 valence electrons. The van der Waals surface area contributed by atoms with Crippen LogP contribution in [-0.2, 0) is 4.79 Å². The Morgan fingerprint density at radius 2 is 2.08 bits per heavy atom. The predicted molar refractivity (Wildman–Crippen MR) is 89.6 cm³/mol. The maximum atomic E-state index is 12.1. The summed E-state index contributed by atoms with van der Waals surface area (Å²) in [5.74, 6) is 0.542. The summed E-state index contributed by atoms with van der Waals surface area (Å²) in [5.41, 5.74) is 1.56. The molecular weight excluding hydrogens is 308 g/mol. The van der Waals surface area contributed by atoms with Gasteiger partial charge in [-0.3, -0.25) is 14.9 Å². The molecule has 1 N–H and O–H groups in total. The maximum absolute atomic E-state index is 12.1. The summed E-state index contributed by atoms with van der Waals surface area (Å²) in [6.45, 7) is 0.552. The third-order valence-electron chi connectivity index (χ3n) is 3.78. The Morgan fingerprint density at radius 3 is 2.92 bits per heavy atom. The smallest absolute Gasteiger partial charge is 0.270 e. The van der Waals surface area contributed by atoms with Crippen molar-refractivity contribution < 1.29 is 14.5 Å². The number of hydrogen-bond acceptors (Lipinski definition) is 4. The number of amides is 1. The van der Waals surface area contributed by atoms with Gasteiger partial charge in [0, 0.05) is 30.2 Å². The van der Waals surface area contributed by atoms with Gasteiger partial charge in [0.15, 0.2) is 0 Å². The van der Waals surface area contributed by atoms with Crippen molar-refractivity contribution in [2.45, 2.75) is 12.5 Å². The van der Waals surface area contributed by atoms with Crippen LogP contribution in [0.25, 0.3) is 6.08 Å². The summed E-state index contributed by atoms with van der Waals surface area (Å²) in [7, 11) is 0. The minimum atomic E-state index is -0.462. The Morgan fingerprint density at radius 1 is 1.25 bits per heavy atom. The van der Waals surface area contributed by atoms with Gasteiger partial charge >= 0.3 is 0 Å². The van der Waals surface area contributed by atoms with Crippen molar-refractivity contribution in [1.82, 2.24) is 5.32 Å². The zero-order valence-electron chi connectivity index (χ0n) is 12.8. The van der Waals surface area contributed by atoms with Gasteiger partial charge in [0.2, 0.25) is 5.91 Å². The molecule has 0 aromatic heterocycles. The summed E-state index contributed by atoms with van der Waals surface area (Å²) in [6.07, 6.45) is 3.65. The van der Waals surface area contributed by atoms with E-state index in [1.165, 1.54) is 18.2 Å². The van der Waals surface area contributed by atoms with Crippen LogP contribution in [0.2, 0.25) is 0 Å². The minimum absolute atomic E-state index is 0.00378. The number of hydrogen-bond donors (Lipinski definition) is 1. The number of carbonyl (C=O) groups excluding carboxylic acids is 1. The SMILES string of the molecule is O=C(/C=C/c1cccc([N+](=O)[O-])c1)N[C@H]1CCOc2ccccc21. The van der Waals surface area contributed by atoms with Crippen LogP contribution >= 0.6 is 0 Å². The summed E-state index contributed by atoms with van der Waals surface area (Å²) < 4.78 is 5.57. The van der Waals surface area contributed by atoms with Crippen molar-refractivity contribution in [3.8, 4) is 5.75 Å². The van der Waals surface area contributed by atoms with E-state index in [4.69, 9.17) is 4.74 Å². The second-order valence-corrected chi connectivity index (χ2v) is 5.42. The number of ether oxygens (including phenoxy) is 1. The zero-order valence-corrected chi connectivity index (χ0v) is 12.8. The molecule has 0 unspecified atom stereocenters. The number of nitrogens with one attached hydrogen (secondary N) is 1. The molecule has 0 radical (unpaired) electrons. The summed E-state index contributed by atoms with van der Waals surface area (Å²) in [5, 5.41) is 13.7. The molecule has 1 amide bonds. The minimum Gasteiger partial charge on any atom is -0.493 e. The summed E-state index contributed by atoms with van der Waals surface area (Å²) >= 11 is 0. The maximum Gasteiger partial charge on any atom is 0.270 e. The molecule has 0 bridgehead atoms.